The minimum Gasteiger partial charge on any atom is -0.337 e. The minimum atomic E-state index is -0.187. The molecule has 0 aliphatic carbocycles. The van der Waals surface area contributed by atoms with Gasteiger partial charge < -0.3 is 4.90 Å². The van der Waals surface area contributed by atoms with Crippen LogP contribution in [0.2, 0.25) is 0 Å². The van der Waals surface area contributed by atoms with E-state index in [1.54, 1.807) is 18.3 Å². The van der Waals surface area contributed by atoms with Crippen molar-refractivity contribution in [3.63, 3.8) is 0 Å². The lowest BCUT2D eigenvalue weighted by atomic mass is 9.92. The molecule has 0 unspecified atom stereocenters. The van der Waals surface area contributed by atoms with Crippen molar-refractivity contribution in [1.29, 1.82) is 0 Å². The molecule has 1 fully saturated rings. The molecule has 4 nitrogen and oxygen atoms in total. The molecular formula is C24H24FN3O. The summed E-state index contributed by atoms with van der Waals surface area (Å²) in [5.41, 5.74) is 4.10. The fourth-order valence-corrected chi connectivity index (χ4v) is 4.00. The van der Waals surface area contributed by atoms with Gasteiger partial charge in [-0.2, -0.15) is 0 Å². The number of piperidine rings is 1. The van der Waals surface area contributed by atoms with Gasteiger partial charge in [-0.15, -0.1) is 0 Å². The zero-order chi connectivity index (χ0) is 20.2. The maximum atomic E-state index is 14.1. The zero-order valence-corrected chi connectivity index (χ0v) is 16.5. The Bertz CT molecular complexity index is 1010. The van der Waals surface area contributed by atoms with Gasteiger partial charge in [0.1, 0.15) is 11.5 Å². The number of halogens is 1. The normalized spacial score (nSPS) is 16.6. The Morgan fingerprint density at radius 3 is 2.79 bits per heavy atom. The summed E-state index contributed by atoms with van der Waals surface area (Å²) in [6, 6.07) is 16.3. The first-order valence-electron chi connectivity index (χ1n) is 10.0. The van der Waals surface area contributed by atoms with E-state index in [1.165, 1.54) is 6.07 Å². The van der Waals surface area contributed by atoms with E-state index >= 15 is 0 Å². The average molecular weight is 389 g/mol. The van der Waals surface area contributed by atoms with Crippen LogP contribution in [0.25, 0.3) is 0 Å². The summed E-state index contributed by atoms with van der Waals surface area (Å²) in [4.78, 5) is 23.6. The molecule has 1 aliphatic rings. The molecule has 1 aromatic carbocycles. The molecule has 4 rings (SSSR count). The Hall–Kier alpha value is -3.08. The Morgan fingerprint density at radius 1 is 1.17 bits per heavy atom. The van der Waals surface area contributed by atoms with Gasteiger partial charge in [0.05, 0.1) is 0 Å². The smallest absolute Gasteiger partial charge is 0.272 e. The summed E-state index contributed by atoms with van der Waals surface area (Å²) in [6.07, 6.45) is 4.10. The lowest BCUT2D eigenvalue weighted by Gasteiger charge is -2.32. The van der Waals surface area contributed by atoms with E-state index in [4.69, 9.17) is 4.98 Å². The molecule has 1 aliphatic heterocycles. The molecule has 3 aromatic rings. The highest BCUT2D eigenvalue weighted by Crippen LogP contribution is 2.28. The highest BCUT2D eigenvalue weighted by atomic mass is 19.1. The number of aryl methyl sites for hydroxylation is 1. The number of aromatic nitrogens is 2. The molecular weight excluding hydrogens is 365 g/mol. The van der Waals surface area contributed by atoms with Crippen molar-refractivity contribution >= 4 is 5.91 Å². The number of nitrogens with zero attached hydrogens (tertiary/aromatic N) is 3. The molecule has 1 saturated heterocycles. The number of carbonyl (C=O) groups is 1. The number of rotatable bonds is 4. The van der Waals surface area contributed by atoms with Crippen LogP contribution in [-0.2, 0) is 6.42 Å². The standard InChI is InChI=1S/C24H24FN3O/c1-17-13-18(14-19-7-2-3-9-21(19)25)15-23(27-17)20-8-6-12-28(16-20)24(29)22-10-4-5-11-26-22/h2-5,7,9-11,13,15,20H,6,8,12,14,16H2,1H3/t20-/m1/s1. The molecule has 0 radical (unpaired) electrons. The highest BCUT2D eigenvalue weighted by Gasteiger charge is 2.27. The van der Waals surface area contributed by atoms with Crippen LogP contribution in [0.3, 0.4) is 0 Å². The molecule has 0 saturated carbocycles. The number of pyridine rings is 2. The third-order valence-electron chi connectivity index (χ3n) is 5.40. The van der Waals surface area contributed by atoms with Crippen molar-refractivity contribution in [2.24, 2.45) is 0 Å². The SMILES string of the molecule is Cc1cc(Cc2ccccc2F)cc([C@@H]2CCCN(C(=O)c3ccccn3)C2)n1. The second kappa shape index (κ2) is 8.52. The summed E-state index contributed by atoms with van der Waals surface area (Å²) >= 11 is 0. The van der Waals surface area contributed by atoms with Crippen LogP contribution in [0.15, 0.2) is 60.8 Å². The number of benzene rings is 1. The van der Waals surface area contributed by atoms with Crippen LogP contribution in [0.5, 0.6) is 0 Å². The number of likely N-dealkylation sites (tertiary alicyclic amines) is 1. The van der Waals surface area contributed by atoms with Gasteiger partial charge in [0.2, 0.25) is 0 Å². The van der Waals surface area contributed by atoms with Gasteiger partial charge in [0.15, 0.2) is 0 Å². The van der Waals surface area contributed by atoms with Crippen LogP contribution >= 0.6 is 0 Å². The largest absolute Gasteiger partial charge is 0.337 e. The predicted molar refractivity (Wildman–Crippen MR) is 110 cm³/mol. The lowest BCUT2D eigenvalue weighted by Crippen LogP contribution is -2.39. The van der Waals surface area contributed by atoms with Crippen LogP contribution in [0.4, 0.5) is 4.39 Å². The van der Waals surface area contributed by atoms with Crippen LogP contribution in [0.1, 0.15) is 51.8 Å². The fourth-order valence-electron chi connectivity index (χ4n) is 4.00. The van der Waals surface area contributed by atoms with E-state index in [2.05, 4.69) is 11.1 Å². The van der Waals surface area contributed by atoms with E-state index < -0.39 is 0 Å². The van der Waals surface area contributed by atoms with Crippen LogP contribution < -0.4 is 0 Å². The van der Waals surface area contributed by atoms with E-state index in [0.29, 0.717) is 24.2 Å². The Balaban J connectivity index is 1.54. The predicted octanol–water partition coefficient (Wildman–Crippen LogP) is 4.53. The van der Waals surface area contributed by atoms with Crippen molar-refractivity contribution in [1.82, 2.24) is 14.9 Å². The second-order valence-electron chi connectivity index (χ2n) is 7.62. The third-order valence-corrected chi connectivity index (χ3v) is 5.40. The third kappa shape index (κ3) is 4.50. The molecule has 2 aromatic heterocycles. The van der Waals surface area contributed by atoms with Crippen molar-refractivity contribution in [3.05, 3.63) is 94.8 Å². The van der Waals surface area contributed by atoms with Crippen LogP contribution in [0, 0.1) is 12.7 Å². The summed E-state index contributed by atoms with van der Waals surface area (Å²) in [7, 11) is 0. The summed E-state index contributed by atoms with van der Waals surface area (Å²) in [6.45, 7) is 3.33. The monoisotopic (exact) mass is 389 g/mol. The Morgan fingerprint density at radius 2 is 2.00 bits per heavy atom. The number of amides is 1. The van der Waals surface area contributed by atoms with Gasteiger partial charge in [-0.1, -0.05) is 24.3 Å². The molecule has 148 valence electrons. The second-order valence-corrected chi connectivity index (χ2v) is 7.62. The van der Waals surface area contributed by atoms with E-state index in [-0.39, 0.29) is 17.6 Å². The lowest BCUT2D eigenvalue weighted by molar-refractivity contribution is 0.0700. The summed E-state index contributed by atoms with van der Waals surface area (Å²) in [5, 5.41) is 0. The van der Waals surface area contributed by atoms with Crippen molar-refractivity contribution in [3.8, 4) is 0 Å². The van der Waals surface area contributed by atoms with E-state index in [1.807, 2.05) is 42.2 Å². The highest BCUT2D eigenvalue weighted by molar-refractivity contribution is 5.92. The molecule has 0 bridgehead atoms. The van der Waals surface area contributed by atoms with E-state index in [9.17, 15) is 9.18 Å². The Kier molecular flexibility index (Phi) is 5.65. The molecule has 0 spiro atoms. The summed E-state index contributed by atoms with van der Waals surface area (Å²) < 4.78 is 14.1. The van der Waals surface area contributed by atoms with Crippen molar-refractivity contribution in [2.45, 2.75) is 32.1 Å². The van der Waals surface area contributed by atoms with Gasteiger partial charge in [-0.05, 0) is 61.2 Å². The van der Waals surface area contributed by atoms with Gasteiger partial charge in [0.25, 0.3) is 5.91 Å². The molecule has 0 N–H and O–H groups in total. The quantitative estimate of drug-likeness (QED) is 0.658. The first kappa shape index (κ1) is 19.2. The van der Waals surface area contributed by atoms with Gasteiger partial charge in [-0.25, -0.2) is 4.39 Å². The van der Waals surface area contributed by atoms with Gasteiger partial charge >= 0.3 is 0 Å². The molecule has 3 heterocycles. The van der Waals surface area contributed by atoms with Gasteiger partial charge in [-0.3, -0.25) is 14.8 Å². The fraction of sp³-hybridized carbons (Fsp3) is 0.292. The molecule has 1 atom stereocenters. The van der Waals surface area contributed by atoms with Gasteiger partial charge in [0, 0.05) is 43.0 Å². The first-order valence-corrected chi connectivity index (χ1v) is 10.0. The molecule has 5 heteroatoms. The molecule has 29 heavy (non-hydrogen) atoms. The van der Waals surface area contributed by atoms with Crippen molar-refractivity contribution in [2.75, 3.05) is 13.1 Å². The number of hydrogen-bond acceptors (Lipinski definition) is 3. The topological polar surface area (TPSA) is 46.1 Å². The first-order chi connectivity index (χ1) is 14.1. The number of carbonyl (C=O) groups excluding carboxylic acids is 1. The average Bonchev–Trinajstić information content (AvgIpc) is 2.75. The number of hydrogen-bond donors (Lipinski definition) is 0. The Labute approximate surface area is 170 Å². The van der Waals surface area contributed by atoms with Crippen molar-refractivity contribution < 1.29 is 9.18 Å². The van der Waals surface area contributed by atoms with E-state index in [0.717, 1.165) is 36.3 Å². The zero-order valence-electron chi connectivity index (χ0n) is 16.5. The molecule has 1 amide bonds. The van der Waals surface area contributed by atoms with Crippen LogP contribution in [-0.4, -0.2) is 33.9 Å². The summed E-state index contributed by atoms with van der Waals surface area (Å²) in [5.74, 6) is -0.0430. The maximum Gasteiger partial charge on any atom is 0.272 e. The minimum absolute atomic E-state index is 0.0328. The maximum absolute atomic E-state index is 14.1.